The van der Waals surface area contributed by atoms with Gasteiger partial charge in [-0.05, 0) is 18.6 Å². The van der Waals surface area contributed by atoms with E-state index in [4.69, 9.17) is 4.74 Å². The van der Waals surface area contributed by atoms with Crippen LogP contribution in [0.25, 0.3) is 0 Å². The van der Waals surface area contributed by atoms with E-state index in [0.717, 1.165) is 29.9 Å². The number of halogens is 1. The summed E-state index contributed by atoms with van der Waals surface area (Å²) < 4.78 is 8.19. The first-order valence-corrected chi connectivity index (χ1v) is 7.49. The highest BCUT2D eigenvalue weighted by Gasteiger charge is 2.22. The average molecular weight is 337 g/mol. The summed E-state index contributed by atoms with van der Waals surface area (Å²) in [6.45, 7) is 4.37. The SMILES string of the molecule is CC(NCc1ccccc1Br)c1cn(C2COC2)nn1. The van der Waals surface area contributed by atoms with Crippen LogP contribution in [-0.2, 0) is 11.3 Å². The number of hydrogen-bond acceptors (Lipinski definition) is 4. The van der Waals surface area contributed by atoms with Gasteiger partial charge in [0.05, 0.1) is 31.1 Å². The minimum Gasteiger partial charge on any atom is -0.377 e. The average Bonchev–Trinajstić information content (AvgIpc) is 2.85. The third-order valence-corrected chi connectivity index (χ3v) is 4.30. The zero-order valence-corrected chi connectivity index (χ0v) is 12.9. The Labute approximate surface area is 126 Å². The van der Waals surface area contributed by atoms with Crippen molar-refractivity contribution in [3.8, 4) is 0 Å². The van der Waals surface area contributed by atoms with Crippen LogP contribution < -0.4 is 5.32 Å². The fourth-order valence-electron chi connectivity index (χ4n) is 2.05. The predicted molar refractivity (Wildman–Crippen MR) is 79.3 cm³/mol. The third kappa shape index (κ3) is 2.92. The largest absolute Gasteiger partial charge is 0.377 e. The predicted octanol–water partition coefficient (Wildman–Crippen LogP) is 2.46. The molecule has 0 amide bonds. The van der Waals surface area contributed by atoms with Crippen LogP contribution in [0.3, 0.4) is 0 Å². The number of nitrogens with zero attached hydrogens (tertiary/aromatic N) is 3. The van der Waals surface area contributed by atoms with E-state index in [1.54, 1.807) is 0 Å². The van der Waals surface area contributed by atoms with Crippen LogP contribution in [0.2, 0.25) is 0 Å². The van der Waals surface area contributed by atoms with Crippen LogP contribution >= 0.6 is 15.9 Å². The van der Waals surface area contributed by atoms with Crippen molar-refractivity contribution < 1.29 is 4.74 Å². The highest BCUT2D eigenvalue weighted by Crippen LogP contribution is 2.19. The van der Waals surface area contributed by atoms with Crippen LogP contribution in [0.4, 0.5) is 0 Å². The molecule has 0 spiro atoms. The summed E-state index contributed by atoms with van der Waals surface area (Å²) in [5.41, 5.74) is 2.20. The van der Waals surface area contributed by atoms with Crippen molar-refractivity contribution in [1.82, 2.24) is 20.3 Å². The summed E-state index contributed by atoms with van der Waals surface area (Å²) in [7, 11) is 0. The van der Waals surface area contributed by atoms with Crippen LogP contribution in [0.15, 0.2) is 34.9 Å². The molecule has 0 aliphatic carbocycles. The monoisotopic (exact) mass is 336 g/mol. The molecule has 6 heteroatoms. The summed E-state index contributed by atoms with van der Waals surface area (Å²) in [5, 5.41) is 11.9. The molecule has 0 saturated carbocycles. The highest BCUT2D eigenvalue weighted by atomic mass is 79.9. The Morgan fingerprint density at radius 2 is 2.25 bits per heavy atom. The van der Waals surface area contributed by atoms with Gasteiger partial charge in [-0.2, -0.15) is 0 Å². The Morgan fingerprint density at radius 3 is 2.95 bits per heavy atom. The second-order valence-corrected chi connectivity index (χ2v) is 5.86. The smallest absolute Gasteiger partial charge is 0.100 e. The van der Waals surface area contributed by atoms with Gasteiger partial charge in [-0.1, -0.05) is 39.3 Å². The number of nitrogens with one attached hydrogen (secondary N) is 1. The first-order chi connectivity index (χ1) is 9.74. The summed E-state index contributed by atoms with van der Waals surface area (Å²) in [6.07, 6.45) is 2.00. The molecule has 2 aromatic rings. The molecular weight excluding hydrogens is 320 g/mol. The maximum atomic E-state index is 5.17. The molecule has 1 unspecified atom stereocenters. The Morgan fingerprint density at radius 1 is 1.45 bits per heavy atom. The van der Waals surface area contributed by atoms with Crippen molar-refractivity contribution in [2.24, 2.45) is 0 Å². The topological polar surface area (TPSA) is 52.0 Å². The minimum absolute atomic E-state index is 0.164. The molecule has 0 radical (unpaired) electrons. The van der Waals surface area contributed by atoms with E-state index in [1.807, 2.05) is 23.0 Å². The van der Waals surface area contributed by atoms with Gasteiger partial charge in [-0.3, -0.25) is 0 Å². The molecule has 20 heavy (non-hydrogen) atoms. The van der Waals surface area contributed by atoms with Crippen molar-refractivity contribution in [3.05, 3.63) is 46.2 Å². The fraction of sp³-hybridized carbons (Fsp3) is 0.429. The number of ether oxygens (including phenoxy) is 1. The molecule has 1 aromatic carbocycles. The lowest BCUT2D eigenvalue weighted by Crippen LogP contribution is -2.31. The van der Waals surface area contributed by atoms with Gasteiger partial charge < -0.3 is 10.1 Å². The standard InChI is InChI=1S/C14H17BrN4O/c1-10(16-6-11-4-2-3-5-13(11)15)14-7-19(18-17-14)12-8-20-9-12/h2-5,7,10,12,16H,6,8-9H2,1H3. The lowest BCUT2D eigenvalue weighted by Gasteiger charge is -2.25. The number of aromatic nitrogens is 3. The molecule has 1 aliphatic heterocycles. The Bertz CT molecular complexity index is 582. The molecule has 1 atom stereocenters. The van der Waals surface area contributed by atoms with Crippen molar-refractivity contribution in [1.29, 1.82) is 0 Å². The van der Waals surface area contributed by atoms with E-state index >= 15 is 0 Å². The van der Waals surface area contributed by atoms with Gasteiger partial charge in [0, 0.05) is 11.0 Å². The minimum atomic E-state index is 0.164. The molecule has 3 rings (SSSR count). The number of hydrogen-bond donors (Lipinski definition) is 1. The molecular formula is C14H17BrN4O. The van der Waals surface area contributed by atoms with E-state index in [9.17, 15) is 0 Å². The van der Waals surface area contributed by atoms with Crippen molar-refractivity contribution in [3.63, 3.8) is 0 Å². The number of benzene rings is 1. The Hall–Kier alpha value is -1.24. The lowest BCUT2D eigenvalue weighted by molar-refractivity contribution is -0.0294. The molecule has 106 valence electrons. The van der Waals surface area contributed by atoms with Crippen LogP contribution in [0, 0.1) is 0 Å². The van der Waals surface area contributed by atoms with E-state index in [-0.39, 0.29) is 6.04 Å². The Kier molecular flexibility index (Phi) is 4.14. The van der Waals surface area contributed by atoms with Gasteiger partial charge in [-0.25, -0.2) is 4.68 Å². The zero-order valence-electron chi connectivity index (χ0n) is 11.3. The number of rotatable bonds is 5. The van der Waals surface area contributed by atoms with E-state index in [0.29, 0.717) is 6.04 Å². The molecule has 0 bridgehead atoms. The fourth-order valence-corrected chi connectivity index (χ4v) is 2.48. The highest BCUT2D eigenvalue weighted by molar-refractivity contribution is 9.10. The second kappa shape index (κ2) is 6.03. The van der Waals surface area contributed by atoms with Crippen LogP contribution in [-0.4, -0.2) is 28.2 Å². The maximum Gasteiger partial charge on any atom is 0.100 e. The first kappa shape index (κ1) is 13.7. The summed E-state index contributed by atoms with van der Waals surface area (Å²) in [6, 6.07) is 8.73. The van der Waals surface area contributed by atoms with Crippen molar-refractivity contribution in [2.75, 3.05) is 13.2 Å². The van der Waals surface area contributed by atoms with E-state index in [1.165, 1.54) is 5.56 Å². The molecule has 2 heterocycles. The third-order valence-electron chi connectivity index (χ3n) is 3.52. The quantitative estimate of drug-likeness (QED) is 0.911. The van der Waals surface area contributed by atoms with Crippen LogP contribution in [0.1, 0.15) is 30.3 Å². The zero-order chi connectivity index (χ0) is 13.9. The molecule has 1 fully saturated rings. The normalized spacial score (nSPS) is 16.9. The summed E-state index contributed by atoms with van der Waals surface area (Å²) in [5.74, 6) is 0. The van der Waals surface area contributed by atoms with Gasteiger partial charge in [-0.15, -0.1) is 5.10 Å². The molecule has 5 nitrogen and oxygen atoms in total. The summed E-state index contributed by atoms with van der Waals surface area (Å²) in [4.78, 5) is 0. The van der Waals surface area contributed by atoms with Gasteiger partial charge in [0.2, 0.25) is 0 Å². The van der Waals surface area contributed by atoms with Crippen LogP contribution in [0.5, 0.6) is 0 Å². The van der Waals surface area contributed by atoms with Crippen molar-refractivity contribution in [2.45, 2.75) is 25.6 Å². The lowest BCUT2D eigenvalue weighted by atomic mass is 10.2. The molecule has 1 saturated heterocycles. The van der Waals surface area contributed by atoms with Gasteiger partial charge in [0.25, 0.3) is 0 Å². The van der Waals surface area contributed by atoms with Crippen molar-refractivity contribution >= 4 is 15.9 Å². The van der Waals surface area contributed by atoms with Gasteiger partial charge >= 0.3 is 0 Å². The van der Waals surface area contributed by atoms with Gasteiger partial charge in [0.15, 0.2) is 0 Å². The van der Waals surface area contributed by atoms with Gasteiger partial charge in [0.1, 0.15) is 6.04 Å². The first-order valence-electron chi connectivity index (χ1n) is 6.70. The Balaban J connectivity index is 1.60. The molecule has 1 N–H and O–H groups in total. The second-order valence-electron chi connectivity index (χ2n) is 5.01. The van der Waals surface area contributed by atoms with E-state index < -0.39 is 0 Å². The maximum absolute atomic E-state index is 5.17. The molecule has 1 aliphatic rings. The summed E-state index contributed by atoms with van der Waals surface area (Å²) >= 11 is 3.56. The molecule has 1 aromatic heterocycles. The van der Waals surface area contributed by atoms with E-state index in [2.05, 4.69) is 50.6 Å².